The van der Waals surface area contributed by atoms with Crippen molar-refractivity contribution in [3.8, 4) is 0 Å². The summed E-state index contributed by atoms with van der Waals surface area (Å²) in [6, 6.07) is 20.3. The predicted octanol–water partition coefficient (Wildman–Crippen LogP) is 7.61. The van der Waals surface area contributed by atoms with Gasteiger partial charge in [-0.3, -0.25) is 0 Å². The van der Waals surface area contributed by atoms with Crippen LogP contribution in [0.15, 0.2) is 54.6 Å². The Morgan fingerprint density at radius 3 is 2.50 bits per heavy atom. The maximum absolute atomic E-state index is 3.54. The summed E-state index contributed by atoms with van der Waals surface area (Å²) < 4.78 is 0. The predicted molar refractivity (Wildman–Crippen MR) is 116 cm³/mol. The molecule has 2 heteroatoms. The summed E-state index contributed by atoms with van der Waals surface area (Å²) in [7, 11) is 0. The van der Waals surface area contributed by atoms with Gasteiger partial charge in [-0.05, 0) is 54.7 Å². The van der Waals surface area contributed by atoms with Gasteiger partial charge < -0.3 is 4.98 Å². The maximum Gasteiger partial charge on any atom is 0.0465 e. The van der Waals surface area contributed by atoms with Crippen molar-refractivity contribution >= 4 is 33.1 Å². The number of thiophene rings is 1. The molecule has 0 radical (unpaired) electrons. The van der Waals surface area contributed by atoms with Gasteiger partial charge in [-0.25, -0.2) is 0 Å². The summed E-state index contributed by atoms with van der Waals surface area (Å²) in [4.78, 5) is 6.53. The number of H-pyrrole nitrogens is 1. The van der Waals surface area contributed by atoms with E-state index in [1.165, 1.54) is 43.5 Å². The summed E-state index contributed by atoms with van der Waals surface area (Å²) in [5.74, 6) is 0.644. The van der Waals surface area contributed by atoms with E-state index < -0.39 is 0 Å². The first-order valence-electron chi connectivity index (χ1n) is 9.68. The molecule has 2 heterocycles. The molecule has 134 valence electrons. The molecule has 0 amide bonds. The lowest BCUT2D eigenvalue weighted by molar-refractivity contribution is 0.562. The number of benzene rings is 2. The molecular formula is C24H27NS. The number of nitrogens with one attached hydrogen (secondary N) is 1. The van der Waals surface area contributed by atoms with Crippen molar-refractivity contribution in [2.75, 3.05) is 0 Å². The lowest BCUT2D eigenvalue weighted by Crippen LogP contribution is -2.21. The first-order valence-corrected chi connectivity index (χ1v) is 10.5. The minimum Gasteiger partial charge on any atom is -0.355 e. The third-order valence-corrected chi connectivity index (χ3v) is 7.70. The van der Waals surface area contributed by atoms with E-state index in [2.05, 4.69) is 87.3 Å². The molecule has 0 fully saturated rings. The highest BCUT2D eigenvalue weighted by Gasteiger charge is 2.29. The van der Waals surface area contributed by atoms with E-state index in [0.717, 1.165) is 6.42 Å². The Balaban J connectivity index is 1.85. The van der Waals surface area contributed by atoms with E-state index in [0.29, 0.717) is 5.92 Å². The molecule has 2 aromatic heterocycles. The number of para-hydroxylation sites is 1. The molecule has 0 aliphatic heterocycles. The largest absolute Gasteiger partial charge is 0.355 e. The Morgan fingerprint density at radius 2 is 1.73 bits per heavy atom. The average Bonchev–Trinajstić information content (AvgIpc) is 3.31. The Morgan fingerprint density at radius 1 is 0.962 bits per heavy atom. The molecule has 4 rings (SSSR count). The van der Waals surface area contributed by atoms with Gasteiger partial charge in [-0.2, -0.15) is 0 Å². The normalized spacial score (nSPS) is 15.4. The monoisotopic (exact) mass is 361 g/mol. The zero-order valence-electron chi connectivity index (χ0n) is 16.1. The number of aromatic amines is 1. The topological polar surface area (TPSA) is 15.8 Å². The SMILES string of the molecule is CCC(C)c1ccc(C(C)(CC)c2ccc3[nH]c4ccccc4c3c2)s1. The van der Waals surface area contributed by atoms with Gasteiger partial charge in [0.25, 0.3) is 0 Å². The Kier molecular flexibility index (Phi) is 4.40. The lowest BCUT2D eigenvalue weighted by atomic mass is 9.78. The van der Waals surface area contributed by atoms with Crippen LogP contribution in [0.25, 0.3) is 21.8 Å². The molecule has 1 N–H and O–H groups in total. The van der Waals surface area contributed by atoms with Gasteiger partial charge in [-0.1, -0.05) is 52.0 Å². The van der Waals surface area contributed by atoms with Crippen LogP contribution in [0.3, 0.4) is 0 Å². The van der Waals surface area contributed by atoms with Crippen LogP contribution >= 0.6 is 11.3 Å². The zero-order valence-corrected chi connectivity index (χ0v) is 16.9. The molecule has 0 aliphatic rings. The maximum atomic E-state index is 3.54. The van der Waals surface area contributed by atoms with Crippen LogP contribution in [-0.2, 0) is 5.41 Å². The van der Waals surface area contributed by atoms with Gasteiger partial charge in [-0.15, -0.1) is 11.3 Å². The molecular weight excluding hydrogens is 334 g/mol. The van der Waals surface area contributed by atoms with E-state index in [1.54, 1.807) is 0 Å². The summed E-state index contributed by atoms with van der Waals surface area (Å²) in [6.07, 6.45) is 2.30. The van der Waals surface area contributed by atoms with Crippen LogP contribution in [0.1, 0.15) is 61.8 Å². The first-order chi connectivity index (χ1) is 12.6. The van der Waals surface area contributed by atoms with E-state index in [4.69, 9.17) is 0 Å². The van der Waals surface area contributed by atoms with Crippen molar-refractivity contribution in [3.63, 3.8) is 0 Å². The van der Waals surface area contributed by atoms with Gasteiger partial charge in [0.2, 0.25) is 0 Å². The van der Waals surface area contributed by atoms with Crippen molar-refractivity contribution in [1.82, 2.24) is 4.98 Å². The second-order valence-electron chi connectivity index (χ2n) is 7.63. The fourth-order valence-electron chi connectivity index (χ4n) is 3.83. The zero-order chi connectivity index (χ0) is 18.3. The molecule has 0 bridgehead atoms. The summed E-state index contributed by atoms with van der Waals surface area (Å²) in [6.45, 7) is 9.31. The molecule has 0 saturated heterocycles. The number of fused-ring (bicyclic) bond motifs is 3. The molecule has 0 saturated carbocycles. The van der Waals surface area contributed by atoms with Crippen molar-refractivity contribution < 1.29 is 0 Å². The van der Waals surface area contributed by atoms with Crippen LogP contribution in [0.5, 0.6) is 0 Å². The summed E-state index contributed by atoms with van der Waals surface area (Å²) in [5.41, 5.74) is 3.91. The van der Waals surface area contributed by atoms with Gasteiger partial charge in [0.15, 0.2) is 0 Å². The lowest BCUT2D eigenvalue weighted by Gasteiger charge is -2.28. The Hall–Kier alpha value is -2.06. The van der Waals surface area contributed by atoms with Gasteiger partial charge in [0, 0.05) is 37.0 Å². The minimum atomic E-state index is 0.0585. The van der Waals surface area contributed by atoms with Gasteiger partial charge in [0.1, 0.15) is 0 Å². The highest BCUT2D eigenvalue weighted by molar-refractivity contribution is 7.12. The first kappa shape index (κ1) is 17.4. The third-order valence-electron chi connectivity index (χ3n) is 6.12. The quantitative estimate of drug-likeness (QED) is 0.376. The van der Waals surface area contributed by atoms with Crippen LogP contribution in [-0.4, -0.2) is 4.98 Å². The van der Waals surface area contributed by atoms with E-state index >= 15 is 0 Å². The molecule has 0 aliphatic carbocycles. The molecule has 2 unspecified atom stereocenters. The Bertz CT molecular complexity index is 1050. The average molecular weight is 362 g/mol. The highest BCUT2D eigenvalue weighted by atomic mass is 32.1. The van der Waals surface area contributed by atoms with Crippen LogP contribution in [0.2, 0.25) is 0 Å². The fourth-order valence-corrected chi connectivity index (χ4v) is 5.21. The molecule has 26 heavy (non-hydrogen) atoms. The van der Waals surface area contributed by atoms with Gasteiger partial charge in [0.05, 0.1) is 0 Å². The van der Waals surface area contributed by atoms with Crippen molar-refractivity contribution in [2.45, 2.75) is 51.9 Å². The van der Waals surface area contributed by atoms with Crippen molar-refractivity contribution in [1.29, 1.82) is 0 Å². The second-order valence-corrected chi connectivity index (χ2v) is 8.74. The summed E-state index contributed by atoms with van der Waals surface area (Å²) in [5, 5.41) is 2.64. The van der Waals surface area contributed by atoms with Crippen molar-refractivity contribution in [3.05, 3.63) is 69.9 Å². The third kappa shape index (κ3) is 2.68. The van der Waals surface area contributed by atoms with Gasteiger partial charge >= 0.3 is 0 Å². The number of aromatic nitrogens is 1. The second kappa shape index (κ2) is 6.59. The van der Waals surface area contributed by atoms with E-state index in [-0.39, 0.29) is 5.41 Å². The van der Waals surface area contributed by atoms with Crippen LogP contribution in [0.4, 0.5) is 0 Å². The molecule has 2 atom stereocenters. The van der Waals surface area contributed by atoms with E-state index in [9.17, 15) is 0 Å². The van der Waals surface area contributed by atoms with Crippen molar-refractivity contribution in [2.24, 2.45) is 0 Å². The minimum absolute atomic E-state index is 0.0585. The smallest absolute Gasteiger partial charge is 0.0465 e. The number of rotatable bonds is 5. The summed E-state index contributed by atoms with van der Waals surface area (Å²) >= 11 is 2.00. The molecule has 2 aromatic carbocycles. The Labute approximate surface area is 160 Å². The van der Waals surface area contributed by atoms with Crippen LogP contribution in [0, 0.1) is 0 Å². The number of hydrogen-bond donors (Lipinski definition) is 1. The van der Waals surface area contributed by atoms with Crippen LogP contribution < -0.4 is 0 Å². The number of hydrogen-bond acceptors (Lipinski definition) is 1. The fraction of sp³-hybridized carbons (Fsp3) is 0.333. The molecule has 0 spiro atoms. The molecule has 4 aromatic rings. The highest BCUT2D eigenvalue weighted by Crippen LogP contribution is 2.42. The molecule has 1 nitrogen and oxygen atoms in total. The van der Waals surface area contributed by atoms with E-state index in [1.807, 2.05) is 11.3 Å². The standard InChI is InChI=1S/C24H27NS/c1-5-16(3)22-13-14-23(26-22)24(4,6-2)17-11-12-21-19(15-17)18-9-7-8-10-20(18)25-21/h7-16,25H,5-6H2,1-4H3.